The molecule has 3 nitrogen and oxygen atoms in total. The van der Waals surface area contributed by atoms with Gasteiger partial charge in [-0.3, -0.25) is 4.99 Å². The summed E-state index contributed by atoms with van der Waals surface area (Å²) in [6.07, 6.45) is 3.05. The van der Waals surface area contributed by atoms with Crippen molar-refractivity contribution in [2.24, 2.45) is 4.99 Å². The zero-order chi connectivity index (χ0) is 7.11. The van der Waals surface area contributed by atoms with Gasteiger partial charge in [0.2, 0.25) is 0 Å². The van der Waals surface area contributed by atoms with Crippen molar-refractivity contribution in [3.63, 3.8) is 0 Å². The fraction of sp³-hybridized carbons (Fsp3) is 0.667. The van der Waals surface area contributed by atoms with E-state index in [2.05, 4.69) is 4.99 Å². The minimum Gasteiger partial charge on any atom is -0.394 e. The topological polar surface area (TPSA) is 49.7 Å². The molecule has 0 aliphatic heterocycles. The van der Waals surface area contributed by atoms with Gasteiger partial charge >= 0.3 is 0 Å². The van der Waals surface area contributed by atoms with E-state index in [1.54, 1.807) is 6.21 Å². The molecule has 0 aromatic heterocycles. The van der Waals surface area contributed by atoms with E-state index in [4.69, 9.17) is 5.11 Å². The molecule has 0 fully saturated rings. The van der Waals surface area contributed by atoms with Gasteiger partial charge in [-0.15, -0.1) is 0 Å². The minimum atomic E-state index is -0.551. The molecule has 52 valence electrons. The Kier molecular flexibility index (Phi) is 5.01. The van der Waals surface area contributed by atoms with Gasteiger partial charge in [-0.05, 0) is 12.6 Å². The zero-order valence-electron chi connectivity index (χ0n) is 5.45. The molecule has 0 aliphatic rings. The number of hydrogen-bond acceptors (Lipinski definition) is 3. The van der Waals surface area contributed by atoms with E-state index >= 15 is 0 Å². The van der Waals surface area contributed by atoms with Gasteiger partial charge in [0, 0.05) is 0 Å². The number of aldehydes is 1. The lowest BCUT2D eigenvalue weighted by atomic mass is 10.4. The lowest BCUT2D eigenvalue weighted by Gasteiger charge is -1.95. The van der Waals surface area contributed by atoms with Crippen molar-refractivity contribution < 1.29 is 9.90 Å². The van der Waals surface area contributed by atoms with Crippen LogP contribution in [0.2, 0.25) is 0 Å². The Hall–Kier alpha value is -0.700. The monoisotopic (exact) mass is 129 g/mol. The number of rotatable bonds is 4. The van der Waals surface area contributed by atoms with Crippen LogP contribution >= 0.6 is 0 Å². The average Bonchev–Trinajstić information content (AvgIpc) is 1.91. The molecular weight excluding hydrogens is 118 g/mol. The van der Waals surface area contributed by atoms with Crippen LogP contribution < -0.4 is 0 Å². The van der Waals surface area contributed by atoms with E-state index in [1.807, 2.05) is 6.92 Å². The number of aliphatic hydroxyl groups is 1. The maximum absolute atomic E-state index is 9.97. The van der Waals surface area contributed by atoms with Crippen LogP contribution in [0.3, 0.4) is 0 Å². The molecule has 0 spiro atoms. The van der Waals surface area contributed by atoms with Gasteiger partial charge in [0.1, 0.15) is 12.3 Å². The summed E-state index contributed by atoms with van der Waals surface area (Å²) >= 11 is 0. The molecule has 0 unspecified atom stereocenters. The van der Waals surface area contributed by atoms with Gasteiger partial charge in [-0.25, -0.2) is 0 Å². The Bertz CT molecular complexity index is 101. The summed E-state index contributed by atoms with van der Waals surface area (Å²) < 4.78 is 0. The van der Waals surface area contributed by atoms with Crippen LogP contribution in [0, 0.1) is 0 Å². The molecule has 0 aliphatic carbocycles. The standard InChI is InChI=1S/C6H11NO2/c1-2-3-7-6(4-8)5-9/h3-4,6,9H,2,5H2,1H3/t6-/m1/s1. The van der Waals surface area contributed by atoms with Gasteiger partial charge in [-0.1, -0.05) is 6.92 Å². The van der Waals surface area contributed by atoms with E-state index in [-0.39, 0.29) is 6.61 Å². The summed E-state index contributed by atoms with van der Waals surface area (Å²) in [6, 6.07) is -0.551. The first-order valence-corrected chi connectivity index (χ1v) is 2.93. The number of aliphatic hydroxyl groups excluding tert-OH is 1. The predicted molar refractivity (Wildman–Crippen MR) is 35.7 cm³/mol. The predicted octanol–water partition coefficient (Wildman–Crippen LogP) is 0.0270. The second kappa shape index (κ2) is 5.44. The Balaban J connectivity index is 3.54. The fourth-order valence-electron chi connectivity index (χ4n) is 0.366. The minimum absolute atomic E-state index is 0.194. The van der Waals surface area contributed by atoms with E-state index in [1.165, 1.54) is 0 Å². The lowest BCUT2D eigenvalue weighted by molar-refractivity contribution is -0.109. The number of carbonyl (C=O) groups excluding carboxylic acids is 1. The highest BCUT2D eigenvalue weighted by Crippen LogP contribution is 1.82. The van der Waals surface area contributed by atoms with Gasteiger partial charge in [0.25, 0.3) is 0 Å². The van der Waals surface area contributed by atoms with E-state index in [9.17, 15) is 4.79 Å². The van der Waals surface area contributed by atoms with Crippen molar-refractivity contribution in [2.75, 3.05) is 6.61 Å². The summed E-state index contributed by atoms with van der Waals surface area (Å²) in [5.74, 6) is 0. The third kappa shape index (κ3) is 3.85. The third-order valence-corrected chi connectivity index (χ3v) is 0.824. The summed E-state index contributed by atoms with van der Waals surface area (Å²) in [5.41, 5.74) is 0. The Morgan fingerprint density at radius 3 is 2.78 bits per heavy atom. The molecule has 1 atom stereocenters. The summed E-state index contributed by atoms with van der Waals surface area (Å²) in [7, 11) is 0. The molecule has 0 heterocycles. The van der Waals surface area contributed by atoms with Crippen LogP contribution in [0.15, 0.2) is 4.99 Å². The third-order valence-electron chi connectivity index (χ3n) is 0.824. The maximum atomic E-state index is 9.97. The van der Waals surface area contributed by atoms with Crippen molar-refractivity contribution in [3.8, 4) is 0 Å². The molecule has 0 amide bonds. The van der Waals surface area contributed by atoms with Crippen molar-refractivity contribution in [1.29, 1.82) is 0 Å². The van der Waals surface area contributed by atoms with Gasteiger partial charge in [0.05, 0.1) is 6.61 Å². The van der Waals surface area contributed by atoms with Crippen LogP contribution in [0.25, 0.3) is 0 Å². The number of carbonyl (C=O) groups is 1. The van der Waals surface area contributed by atoms with Crippen molar-refractivity contribution in [1.82, 2.24) is 0 Å². The first-order chi connectivity index (χ1) is 4.35. The quantitative estimate of drug-likeness (QED) is 0.430. The Morgan fingerprint density at radius 2 is 2.44 bits per heavy atom. The summed E-state index contributed by atoms with van der Waals surface area (Å²) in [4.78, 5) is 13.7. The molecular formula is C6H11NO2. The average molecular weight is 129 g/mol. The highest BCUT2D eigenvalue weighted by atomic mass is 16.3. The molecule has 0 saturated heterocycles. The first kappa shape index (κ1) is 8.30. The largest absolute Gasteiger partial charge is 0.394 e. The van der Waals surface area contributed by atoms with Gasteiger partial charge < -0.3 is 9.90 Å². The Morgan fingerprint density at radius 1 is 1.78 bits per heavy atom. The van der Waals surface area contributed by atoms with Crippen LogP contribution in [-0.4, -0.2) is 30.3 Å². The molecule has 0 saturated carbocycles. The maximum Gasteiger partial charge on any atom is 0.146 e. The second-order valence-electron chi connectivity index (χ2n) is 1.63. The van der Waals surface area contributed by atoms with Crippen LogP contribution in [-0.2, 0) is 4.79 Å². The zero-order valence-corrected chi connectivity index (χ0v) is 5.45. The van der Waals surface area contributed by atoms with Crippen molar-refractivity contribution in [2.45, 2.75) is 19.4 Å². The van der Waals surface area contributed by atoms with Crippen molar-refractivity contribution in [3.05, 3.63) is 0 Å². The second-order valence-corrected chi connectivity index (χ2v) is 1.63. The Labute approximate surface area is 54.4 Å². The fourth-order valence-corrected chi connectivity index (χ4v) is 0.366. The highest BCUT2D eigenvalue weighted by Gasteiger charge is 1.97. The number of hydrogen-bond donors (Lipinski definition) is 1. The van der Waals surface area contributed by atoms with E-state index < -0.39 is 6.04 Å². The molecule has 0 rings (SSSR count). The van der Waals surface area contributed by atoms with E-state index in [0.717, 1.165) is 6.42 Å². The molecule has 0 aromatic rings. The van der Waals surface area contributed by atoms with Crippen molar-refractivity contribution >= 4 is 12.5 Å². The molecule has 0 aromatic carbocycles. The first-order valence-electron chi connectivity index (χ1n) is 2.93. The number of nitrogens with zero attached hydrogens (tertiary/aromatic N) is 1. The van der Waals surface area contributed by atoms with Gasteiger partial charge in [-0.2, -0.15) is 0 Å². The van der Waals surface area contributed by atoms with Crippen LogP contribution in [0.1, 0.15) is 13.3 Å². The highest BCUT2D eigenvalue weighted by molar-refractivity contribution is 5.64. The summed E-state index contributed by atoms with van der Waals surface area (Å²) in [5, 5.41) is 8.41. The molecule has 0 radical (unpaired) electrons. The van der Waals surface area contributed by atoms with E-state index in [0.29, 0.717) is 6.29 Å². The van der Waals surface area contributed by atoms with Crippen LogP contribution in [0.4, 0.5) is 0 Å². The normalized spacial score (nSPS) is 14.0. The molecule has 0 bridgehead atoms. The summed E-state index contributed by atoms with van der Waals surface area (Å²) in [6.45, 7) is 1.72. The van der Waals surface area contributed by atoms with Crippen LogP contribution in [0.5, 0.6) is 0 Å². The SMILES string of the molecule is CCC=N[C@H](C=O)CO. The molecule has 9 heavy (non-hydrogen) atoms. The number of aliphatic imine (C=N–C) groups is 1. The molecule has 1 N–H and O–H groups in total. The lowest BCUT2D eigenvalue weighted by Crippen LogP contribution is -2.11. The molecule has 3 heteroatoms. The smallest absolute Gasteiger partial charge is 0.146 e. The van der Waals surface area contributed by atoms with Gasteiger partial charge in [0.15, 0.2) is 0 Å².